The van der Waals surface area contributed by atoms with Gasteiger partial charge in [-0.25, -0.2) is 4.98 Å². The Bertz CT molecular complexity index is 766. The van der Waals surface area contributed by atoms with Crippen molar-refractivity contribution in [1.82, 2.24) is 9.55 Å². The zero-order valence-electron chi connectivity index (χ0n) is 22.2. The van der Waals surface area contributed by atoms with Crippen molar-refractivity contribution in [3.63, 3.8) is 0 Å². The lowest BCUT2D eigenvalue weighted by molar-refractivity contribution is -0.114. The predicted octanol–water partition coefficient (Wildman–Crippen LogP) is 7.34. The zero-order chi connectivity index (χ0) is 23.6. The summed E-state index contributed by atoms with van der Waals surface area (Å²) in [7, 11) is 0. The summed E-state index contributed by atoms with van der Waals surface area (Å²) in [5.41, 5.74) is 1.26. The molecule has 4 aliphatic rings. The van der Waals surface area contributed by atoms with Crippen LogP contribution in [0, 0.1) is 46.3 Å². The number of hydrogen-bond donors (Lipinski definition) is 0. The maximum Gasteiger partial charge on any atom is 0.146 e. The quantitative estimate of drug-likeness (QED) is 0.265. The van der Waals surface area contributed by atoms with E-state index in [1.54, 1.807) is 12.6 Å². The van der Waals surface area contributed by atoms with Crippen molar-refractivity contribution in [2.24, 2.45) is 46.3 Å². The molecule has 0 radical (unpaired) electrons. The van der Waals surface area contributed by atoms with Crippen LogP contribution in [0.1, 0.15) is 97.8 Å². The number of nitrogens with zero attached hydrogens (tertiary/aromatic N) is 2. The van der Waals surface area contributed by atoms with E-state index in [1.807, 2.05) is 17.1 Å². The van der Waals surface area contributed by atoms with E-state index >= 15 is 0 Å². The first kappa shape index (κ1) is 24.8. The highest BCUT2D eigenvalue weighted by molar-refractivity contribution is 5.09. The molecule has 4 heteroatoms. The van der Waals surface area contributed by atoms with Crippen LogP contribution in [-0.2, 0) is 16.0 Å². The topological polar surface area (TPSA) is 36.3 Å². The van der Waals surface area contributed by atoms with Crippen molar-refractivity contribution in [2.75, 3.05) is 20.0 Å². The number of imidazole rings is 1. The Morgan fingerprint density at radius 3 is 2.65 bits per heavy atom. The van der Waals surface area contributed by atoms with Crippen LogP contribution in [0.15, 0.2) is 18.7 Å². The summed E-state index contributed by atoms with van der Waals surface area (Å²) in [6.07, 6.45) is 23.2. The standard InChI is InChI=1S/C30H50N2O2/c1-23(7-6-19-33-22-34-20-18-32-17-16-31-21-32)26-11-12-27-25-10-9-24-8-4-5-14-29(24,2)28(25)13-15-30(26,27)3/h16-17,21,23-28H,4-15,18-20,22H2,1-3H3. The van der Waals surface area contributed by atoms with Crippen LogP contribution < -0.4 is 0 Å². The number of ether oxygens (including phenoxy) is 2. The molecule has 5 rings (SSSR count). The van der Waals surface area contributed by atoms with Crippen molar-refractivity contribution in [3.05, 3.63) is 18.7 Å². The molecule has 0 saturated heterocycles. The molecule has 0 aliphatic heterocycles. The SMILES string of the molecule is CC(CCCOCOCCn1ccnc1)C1CCC2C3CCC4CCCCC4(C)C3CCC12C. The van der Waals surface area contributed by atoms with Gasteiger partial charge >= 0.3 is 0 Å². The fourth-order valence-corrected chi connectivity index (χ4v) is 9.74. The summed E-state index contributed by atoms with van der Waals surface area (Å²) in [4.78, 5) is 4.06. The number of hydrogen-bond acceptors (Lipinski definition) is 3. The molecule has 1 aromatic rings. The van der Waals surface area contributed by atoms with Gasteiger partial charge in [-0.05, 0) is 111 Å². The Labute approximate surface area is 208 Å². The van der Waals surface area contributed by atoms with Crippen LogP contribution in [0.3, 0.4) is 0 Å². The lowest BCUT2D eigenvalue weighted by atomic mass is 9.44. The molecule has 34 heavy (non-hydrogen) atoms. The first-order valence-corrected chi connectivity index (χ1v) is 14.6. The molecule has 0 N–H and O–H groups in total. The Hall–Kier alpha value is -0.870. The zero-order valence-corrected chi connectivity index (χ0v) is 22.2. The number of aromatic nitrogens is 2. The lowest BCUT2D eigenvalue weighted by Crippen LogP contribution is -2.53. The van der Waals surface area contributed by atoms with Gasteiger partial charge in [0, 0.05) is 25.5 Å². The van der Waals surface area contributed by atoms with E-state index in [0.29, 0.717) is 24.2 Å². The van der Waals surface area contributed by atoms with Crippen LogP contribution in [0.4, 0.5) is 0 Å². The predicted molar refractivity (Wildman–Crippen MR) is 137 cm³/mol. The second-order valence-corrected chi connectivity index (χ2v) is 13.0. The summed E-state index contributed by atoms with van der Waals surface area (Å²) in [6, 6.07) is 0. The summed E-state index contributed by atoms with van der Waals surface area (Å²) < 4.78 is 13.4. The van der Waals surface area contributed by atoms with Gasteiger partial charge in [0.25, 0.3) is 0 Å². The molecule has 4 fully saturated rings. The largest absolute Gasteiger partial charge is 0.355 e. The monoisotopic (exact) mass is 470 g/mol. The maximum atomic E-state index is 5.78. The highest BCUT2D eigenvalue weighted by atomic mass is 16.7. The fourth-order valence-electron chi connectivity index (χ4n) is 9.74. The van der Waals surface area contributed by atoms with E-state index in [2.05, 4.69) is 25.8 Å². The van der Waals surface area contributed by atoms with Crippen LogP contribution in [-0.4, -0.2) is 29.6 Å². The smallest absolute Gasteiger partial charge is 0.146 e. The molecular formula is C30H50N2O2. The van der Waals surface area contributed by atoms with Gasteiger partial charge in [-0.2, -0.15) is 0 Å². The third kappa shape index (κ3) is 4.75. The molecular weight excluding hydrogens is 420 g/mol. The molecule has 0 amide bonds. The molecule has 4 aliphatic carbocycles. The van der Waals surface area contributed by atoms with Gasteiger partial charge in [0.15, 0.2) is 0 Å². The molecule has 8 atom stereocenters. The van der Waals surface area contributed by atoms with Gasteiger partial charge in [0.05, 0.1) is 12.9 Å². The first-order valence-electron chi connectivity index (χ1n) is 14.6. The van der Waals surface area contributed by atoms with Gasteiger partial charge in [0.1, 0.15) is 6.79 Å². The molecule has 0 bridgehead atoms. The molecule has 0 aromatic carbocycles. The van der Waals surface area contributed by atoms with Crippen LogP contribution >= 0.6 is 0 Å². The Morgan fingerprint density at radius 1 is 0.941 bits per heavy atom. The minimum atomic E-state index is 0.412. The van der Waals surface area contributed by atoms with Crippen molar-refractivity contribution in [2.45, 2.75) is 104 Å². The third-order valence-electron chi connectivity index (χ3n) is 11.5. The second kappa shape index (κ2) is 10.6. The molecule has 192 valence electrons. The van der Waals surface area contributed by atoms with Crippen LogP contribution in [0.2, 0.25) is 0 Å². The summed E-state index contributed by atoms with van der Waals surface area (Å²) in [5.74, 6) is 5.83. The summed E-state index contributed by atoms with van der Waals surface area (Å²) in [5, 5.41) is 0. The van der Waals surface area contributed by atoms with E-state index in [1.165, 1.54) is 64.2 Å². The van der Waals surface area contributed by atoms with Crippen molar-refractivity contribution in [1.29, 1.82) is 0 Å². The van der Waals surface area contributed by atoms with Gasteiger partial charge in [-0.3, -0.25) is 0 Å². The average Bonchev–Trinajstić information content (AvgIpc) is 3.47. The fraction of sp³-hybridized carbons (Fsp3) is 0.900. The second-order valence-electron chi connectivity index (χ2n) is 13.0. The van der Waals surface area contributed by atoms with Gasteiger partial charge in [-0.1, -0.05) is 33.6 Å². The van der Waals surface area contributed by atoms with E-state index in [9.17, 15) is 0 Å². The lowest BCUT2D eigenvalue weighted by Gasteiger charge is -2.61. The molecule has 1 heterocycles. The molecule has 4 nitrogen and oxygen atoms in total. The van der Waals surface area contributed by atoms with Crippen molar-refractivity contribution >= 4 is 0 Å². The van der Waals surface area contributed by atoms with Crippen LogP contribution in [0.25, 0.3) is 0 Å². The molecule has 8 unspecified atom stereocenters. The summed E-state index contributed by atoms with van der Waals surface area (Å²) >= 11 is 0. The van der Waals surface area contributed by atoms with Gasteiger partial charge in [0.2, 0.25) is 0 Å². The normalized spacial score (nSPS) is 40.4. The summed E-state index contributed by atoms with van der Waals surface area (Å²) in [6.45, 7) is 10.7. The van der Waals surface area contributed by atoms with Crippen molar-refractivity contribution in [3.8, 4) is 0 Å². The minimum Gasteiger partial charge on any atom is -0.355 e. The third-order valence-corrected chi connectivity index (χ3v) is 11.5. The number of rotatable bonds is 10. The first-order chi connectivity index (χ1) is 16.5. The van der Waals surface area contributed by atoms with Crippen LogP contribution in [0.5, 0.6) is 0 Å². The van der Waals surface area contributed by atoms with E-state index < -0.39 is 0 Å². The highest BCUT2D eigenvalue weighted by Crippen LogP contribution is 2.68. The number of fused-ring (bicyclic) bond motifs is 5. The Morgan fingerprint density at radius 2 is 1.79 bits per heavy atom. The highest BCUT2D eigenvalue weighted by Gasteiger charge is 2.59. The van der Waals surface area contributed by atoms with E-state index in [4.69, 9.17) is 9.47 Å². The van der Waals surface area contributed by atoms with Crippen molar-refractivity contribution < 1.29 is 9.47 Å². The molecule has 1 aromatic heterocycles. The average molecular weight is 471 g/mol. The molecule has 0 spiro atoms. The van der Waals surface area contributed by atoms with Gasteiger partial charge in [-0.15, -0.1) is 0 Å². The maximum absolute atomic E-state index is 5.78. The Balaban J connectivity index is 1.06. The molecule has 4 saturated carbocycles. The van der Waals surface area contributed by atoms with E-state index in [0.717, 1.165) is 55.1 Å². The Kier molecular flexibility index (Phi) is 7.75. The van der Waals surface area contributed by atoms with E-state index in [-0.39, 0.29) is 0 Å². The minimum absolute atomic E-state index is 0.412. The van der Waals surface area contributed by atoms with Gasteiger partial charge < -0.3 is 14.0 Å².